The third-order valence-electron chi connectivity index (χ3n) is 4.50. The van der Waals surface area contributed by atoms with Gasteiger partial charge in [-0.15, -0.1) is 0 Å². The molecule has 0 bridgehead atoms. The molecule has 0 unspecified atom stereocenters. The monoisotopic (exact) mass is 301 g/mol. The molecule has 2 aromatic heterocycles. The number of nitrogens with one attached hydrogen (secondary N) is 1. The summed E-state index contributed by atoms with van der Waals surface area (Å²) in [5.74, 6) is 1.67. The molecule has 0 radical (unpaired) electrons. The van der Waals surface area contributed by atoms with Gasteiger partial charge in [0.15, 0.2) is 0 Å². The number of imidazole rings is 1. The Bertz CT molecular complexity index is 645. The van der Waals surface area contributed by atoms with E-state index in [1.807, 2.05) is 17.3 Å². The van der Waals surface area contributed by atoms with Crippen molar-refractivity contribution in [2.45, 2.75) is 45.6 Å². The number of nitrogens with zero attached hydrogens (tertiary/aromatic N) is 4. The van der Waals surface area contributed by atoms with E-state index in [0.29, 0.717) is 18.9 Å². The van der Waals surface area contributed by atoms with Crippen molar-refractivity contribution in [1.29, 1.82) is 0 Å². The van der Waals surface area contributed by atoms with Crippen molar-refractivity contribution in [3.63, 3.8) is 0 Å². The summed E-state index contributed by atoms with van der Waals surface area (Å²) in [7, 11) is 0. The Balaban J connectivity index is 1.55. The highest BCUT2D eigenvalue weighted by Crippen LogP contribution is 2.28. The third kappa shape index (κ3) is 2.91. The molecule has 0 aromatic carbocycles. The van der Waals surface area contributed by atoms with E-state index >= 15 is 0 Å². The largest absolute Gasteiger partial charge is 0.342 e. The molecule has 3 heterocycles. The Kier molecular flexibility index (Phi) is 4.27. The first-order valence-electron chi connectivity index (χ1n) is 7.96. The van der Waals surface area contributed by atoms with Crippen LogP contribution in [-0.2, 0) is 17.8 Å². The van der Waals surface area contributed by atoms with E-state index in [0.717, 1.165) is 31.8 Å². The fraction of sp³-hybridized carbons (Fsp3) is 0.562. The summed E-state index contributed by atoms with van der Waals surface area (Å²) in [6.07, 6.45) is 8.05. The number of likely N-dealkylation sites (tertiary alicyclic amines) is 1. The van der Waals surface area contributed by atoms with Gasteiger partial charge in [0.25, 0.3) is 0 Å². The van der Waals surface area contributed by atoms with Crippen LogP contribution in [0.2, 0.25) is 0 Å². The molecule has 1 N–H and O–H groups in total. The van der Waals surface area contributed by atoms with E-state index < -0.39 is 0 Å². The summed E-state index contributed by atoms with van der Waals surface area (Å²) in [6.45, 7) is 6.50. The van der Waals surface area contributed by atoms with Crippen LogP contribution in [0.15, 0.2) is 18.6 Å². The van der Waals surface area contributed by atoms with Crippen molar-refractivity contribution in [1.82, 2.24) is 24.6 Å². The molecule has 6 heteroatoms. The van der Waals surface area contributed by atoms with Crippen molar-refractivity contribution in [2.75, 3.05) is 13.1 Å². The minimum absolute atomic E-state index is 0.232. The molecule has 0 saturated carbocycles. The second kappa shape index (κ2) is 6.34. The Hall–Kier alpha value is -2.11. The van der Waals surface area contributed by atoms with Crippen LogP contribution >= 0.6 is 0 Å². The summed E-state index contributed by atoms with van der Waals surface area (Å²) in [5, 5.41) is 7.16. The summed E-state index contributed by atoms with van der Waals surface area (Å²) < 4.78 is 2.07. The van der Waals surface area contributed by atoms with Gasteiger partial charge >= 0.3 is 0 Å². The van der Waals surface area contributed by atoms with Crippen molar-refractivity contribution >= 4 is 5.91 Å². The van der Waals surface area contributed by atoms with Crippen molar-refractivity contribution in [2.24, 2.45) is 0 Å². The highest BCUT2D eigenvalue weighted by molar-refractivity contribution is 5.76. The average Bonchev–Trinajstić information content (AvgIpc) is 3.24. The molecule has 3 rings (SSSR count). The number of amides is 1. The Morgan fingerprint density at radius 3 is 3.09 bits per heavy atom. The van der Waals surface area contributed by atoms with E-state index in [1.165, 1.54) is 11.3 Å². The minimum atomic E-state index is 0.232. The van der Waals surface area contributed by atoms with Gasteiger partial charge in [-0.25, -0.2) is 4.98 Å². The highest BCUT2D eigenvalue weighted by Gasteiger charge is 2.28. The second-order valence-electron chi connectivity index (χ2n) is 5.93. The SMILES string of the molecule is CCc1nccn1CCC(=O)N1CC[C@@H](c2[nH]ncc2C)C1. The Morgan fingerprint density at radius 1 is 1.50 bits per heavy atom. The molecule has 1 aliphatic rings. The normalized spacial score (nSPS) is 18.1. The number of hydrogen-bond acceptors (Lipinski definition) is 3. The molecule has 1 amide bonds. The summed E-state index contributed by atoms with van der Waals surface area (Å²) in [4.78, 5) is 18.7. The molecule has 1 fully saturated rings. The standard InChI is InChI=1S/C16H23N5O/c1-3-14-17-6-9-20(14)8-5-15(22)21-7-4-13(11-21)16-12(2)10-18-19-16/h6,9-10,13H,3-5,7-8,11H2,1-2H3,(H,18,19)/t13-/m1/s1. The lowest BCUT2D eigenvalue weighted by Gasteiger charge is -2.17. The lowest BCUT2D eigenvalue weighted by molar-refractivity contribution is -0.130. The average molecular weight is 301 g/mol. The summed E-state index contributed by atoms with van der Waals surface area (Å²) >= 11 is 0. The van der Waals surface area contributed by atoms with Crippen LogP contribution in [0.3, 0.4) is 0 Å². The second-order valence-corrected chi connectivity index (χ2v) is 5.93. The molecule has 0 aliphatic carbocycles. The van der Waals surface area contributed by atoms with Crippen LogP contribution < -0.4 is 0 Å². The van der Waals surface area contributed by atoms with Crippen LogP contribution in [0.4, 0.5) is 0 Å². The van der Waals surface area contributed by atoms with Crippen molar-refractivity contribution in [3.05, 3.63) is 35.7 Å². The lowest BCUT2D eigenvalue weighted by Crippen LogP contribution is -2.29. The molecular weight excluding hydrogens is 278 g/mol. The van der Waals surface area contributed by atoms with Gasteiger partial charge in [0.05, 0.1) is 6.20 Å². The number of H-pyrrole nitrogens is 1. The molecule has 118 valence electrons. The fourth-order valence-electron chi connectivity index (χ4n) is 3.22. The lowest BCUT2D eigenvalue weighted by atomic mass is 10.0. The first-order valence-corrected chi connectivity index (χ1v) is 7.96. The third-order valence-corrected chi connectivity index (χ3v) is 4.50. The Labute approximate surface area is 130 Å². The van der Waals surface area contributed by atoms with Gasteiger partial charge in [-0.3, -0.25) is 9.89 Å². The first kappa shape index (κ1) is 14.8. The molecule has 2 aromatic rings. The van der Waals surface area contributed by atoms with E-state index in [1.54, 1.807) is 6.20 Å². The van der Waals surface area contributed by atoms with Gasteiger partial charge < -0.3 is 9.47 Å². The molecule has 6 nitrogen and oxygen atoms in total. The number of hydrogen-bond donors (Lipinski definition) is 1. The maximum atomic E-state index is 12.4. The number of aromatic amines is 1. The fourth-order valence-corrected chi connectivity index (χ4v) is 3.22. The minimum Gasteiger partial charge on any atom is -0.342 e. The predicted molar refractivity (Wildman–Crippen MR) is 83.5 cm³/mol. The van der Waals surface area contributed by atoms with Crippen LogP contribution in [0.25, 0.3) is 0 Å². The molecular formula is C16H23N5O. The zero-order valence-corrected chi connectivity index (χ0v) is 13.2. The number of aryl methyl sites for hydroxylation is 3. The van der Waals surface area contributed by atoms with Crippen molar-refractivity contribution in [3.8, 4) is 0 Å². The smallest absolute Gasteiger partial charge is 0.224 e. The maximum Gasteiger partial charge on any atom is 0.224 e. The van der Waals surface area contributed by atoms with Gasteiger partial charge in [0.1, 0.15) is 5.82 Å². The molecule has 1 atom stereocenters. The van der Waals surface area contributed by atoms with Gasteiger partial charge in [-0.05, 0) is 18.9 Å². The Morgan fingerprint density at radius 2 is 2.36 bits per heavy atom. The van der Waals surface area contributed by atoms with Crippen molar-refractivity contribution < 1.29 is 4.79 Å². The molecule has 0 spiro atoms. The summed E-state index contributed by atoms with van der Waals surface area (Å²) in [6, 6.07) is 0. The number of carbonyl (C=O) groups is 1. The zero-order valence-electron chi connectivity index (χ0n) is 13.2. The number of carbonyl (C=O) groups excluding carboxylic acids is 1. The number of aromatic nitrogens is 4. The topological polar surface area (TPSA) is 66.8 Å². The van der Waals surface area contributed by atoms with E-state index in [2.05, 4.69) is 33.6 Å². The molecule has 22 heavy (non-hydrogen) atoms. The zero-order chi connectivity index (χ0) is 15.5. The van der Waals surface area contributed by atoms with E-state index in [4.69, 9.17) is 0 Å². The van der Waals surface area contributed by atoms with Crippen LogP contribution in [0, 0.1) is 6.92 Å². The van der Waals surface area contributed by atoms with Gasteiger partial charge in [0, 0.05) is 56.5 Å². The summed E-state index contributed by atoms with van der Waals surface area (Å²) in [5.41, 5.74) is 2.36. The van der Waals surface area contributed by atoms with Crippen LogP contribution in [0.5, 0.6) is 0 Å². The molecule has 1 aliphatic heterocycles. The van der Waals surface area contributed by atoms with Crippen LogP contribution in [-0.4, -0.2) is 43.6 Å². The maximum absolute atomic E-state index is 12.4. The number of rotatable bonds is 5. The molecule has 1 saturated heterocycles. The van der Waals surface area contributed by atoms with E-state index in [-0.39, 0.29) is 5.91 Å². The predicted octanol–water partition coefficient (Wildman–Crippen LogP) is 1.88. The van der Waals surface area contributed by atoms with Gasteiger partial charge in [0.2, 0.25) is 5.91 Å². The first-order chi connectivity index (χ1) is 10.7. The highest BCUT2D eigenvalue weighted by atomic mass is 16.2. The van der Waals surface area contributed by atoms with Gasteiger partial charge in [-0.2, -0.15) is 5.10 Å². The quantitative estimate of drug-likeness (QED) is 0.917. The van der Waals surface area contributed by atoms with Crippen LogP contribution in [0.1, 0.15) is 42.8 Å². The van der Waals surface area contributed by atoms with E-state index in [9.17, 15) is 4.79 Å². The van der Waals surface area contributed by atoms with Gasteiger partial charge in [-0.1, -0.05) is 6.92 Å².